The zero-order chi connectivity index (χ0) is 14.6. The van der Waals surface area contributed by atoms with E-state index in [1.807, 2.05) is 12.1 Å². The molecule has 0 aliphatic rings. The number of ether oxygens (including phenoxy) is 2. The maximum Gasteiger partial charge on any atom is 0.319 e. The quantitative estimate of drug-likeness (QED) is 0.684. The van der Waals surface area contributed by atoms with Gasteiger partial charge >= 0.3 is 6.03 Å². The number of hydrogen-bond acceptors (Lipinski definition) is 3. The van der Waals surface area contributed by atoms with Crippen molar-refractivity contribution in [1.82, 2.24) is 5.32 Å². The Labute approximate surface area is 120 Å². The Morgan fingerprint density at radius 3 is 2.70 bits per heavy atom. The predicted octanol–water partition coefficient (Wildman–Crippen LogP) is 3.02. The van der Waals surface area contributed by atoms with Crippen molar-refractivity contribution in [3.05, 3.63) is 24.3 Å². The minimum absolute atomic E-state index is 0.233. The Hall–Kier alpha value is -1.75. The third kappa shape index (κ3) is 6.43. The lowest BCUT2D eigenvalue weighted by Crippen LogP contribution is -2.30. The number of nitrogens with one attached hydrogen (secondary N) is 2. The zero-order valence-corrected chi connectivity index (χ0v) is 12.3. The molecule has 1 rings (SSSR count). The first-order valence-corrected chi connectivity index (χ1v) is 7.03. The molecule has 0 heterocycles. The number of methoxy groups -OCH3 is 1. The fourth-order valence-corrected chi connectivity index (χ4v) is 1.64. The van der Waals surface area contributed by atoms with E-state index < -0.39 is 0 Å². The number of carbonyl (C=O) groups is 1. The third-order valence-corrected chi connectivity index (χ3v) is 2.75. The smallest absolute Gasteiger partial charge is 0.319 e. The number of carbonyl (C=O) groups excluding carboxylic acids is 1. The third-order valence-electron chi connectivity index (χ3n) is 2.75. The molecule has 5 nitrogen and oxygen atoms in total. The molecule has 0 radical (unpaired) electrons. The lowest BCUT2D eigenvalue weighted by molar-refractivity contribution is 0.129. The lowest BCUT2D eigenvalue weighted by atomic mass is 10.3. The Balaban J connectivity index is 2.17. The summed E-state index contributed by atoms with van der Waals surface area (Å²) in [6, 6.07) is 7.07. The number of amides is 2. The molecule has 0 saturated heterocycles. The van der Waals surface area contributed by atoms with Crippen LogP contribution in [0.2, 0.25) is 0 Å². The fraction of sp³-hybridized carbons (Fsp3) is 0.533. The maximum atomic E-state index is 11.7. The molecule has 0 spiro atoms. The van der Waals surface area contributed by atoms with Crippen LogP contribution in [-0.2, 0) is 4.74 Å². The first-order valence-electron chi connectivity index (χ1n) is 7.03. The highest BCUT2D eigenvalue weighted by Crippen LogP contribution is 2.22. The van der Waals surface area contributed by atoms with E-state index in [-0.39, 0.29) is 6.03 Å². The van der Waals surface area contributed by atoms with Crippen LogP contribution in [0.1, 0.15) is 26.2 Å². The Morgan fingerprint density at radius 1 is 1.20 bits per heavy atom. The average molecular weight is 280 g/mol. The average Bonchev–Trinajstić information content (AvgIpc) is 2.47. The minimum Gasteiger partial charge on any atom is -0.495 e. The standard InChI is InChI=1S/C15H24N2O3/c1-3-4-11-20-12-7-10-16-15(18)17-13-8-5-6-9-14(13)19-2/h5-6,8-9H,3-4,7,10-12H2,1-2H3,(H2,16,17,18). The number of rotatable bonds is 9. The first-order chi connectivity index (χ1) is 9.77. The molecular formula is C15H24N2O3. The van der Waals surface area contributed by atoms with Crippen LogP contribution in [0, 0.1) is 0 Å². The van der Waals surface area contributed by atoms with Crippen molar-refractivity contribution in [2.45, 2.75) is 26.2 Å². The first kappa shape index (κ1) is 16.3. The largest absolute Gasteiger partial charge is 0.495 e. The van der Waals surface area contributed by atoms with Crippen LogP contribution in [0.4, 0.5) is 10.5 Å². The van der Waals surface area contributed by atoms with Crippen molar-refractivity contribution in [2.24, 2.45) is 0 Å². The van der Waals surface area contributed by atoms with E-state index in [1.54, 1.807) is 19.2 Å². The number of urea groups is 1. The van der Waals surface area contributed by atoms with Gasteiger partial charge in [0.2, 0.25) is 0 Å². The van der Waals surface area contributed by atoms with Crippen LogP contribution in [0.15, 0.2) is 24.3 Å². The van der Waals surface area contributed by atoms with E-state index in [4.69, 9.17) is 9.47 Å². The Bertz CT molecular complexity index is 396. The normalized spacial score (nSPS) is 10.1. The van der Waals surface area contributed by atoms with Gasteiger partial charge in [-0.05, 0) is 25.0 Å². The lowest BCUT2D eigenvalue weighted by Gasteiger charge is -2.10. The molecule has 2 N–H and O–H groups in total. The van der Waals surface area contributed by atoms with E-state index in [1.165, 1.54) is 0 Å². The summed E-state index contributed by atoms with van der Waals surface area (Å²) >= 11 is 0. The summed E-state index contributed by atoms with van der Waals surface area (Å²) < 4.78 is 10.6. The van der Waals surface area contributed by atoms with Gasteiger partial charge in [0.15, 0.2) is 0 Å². The van der Waals surface area contributed by atoms with Crippen molar-refractivity contribution in [3.63, 3.8) is 0 Å². The summed E-state index contributed by atoms with van der Waals surface area (Å²) in [7, 11) is 1.58. The van der Waals surface area contributed by atoms with E-state index in [2.05, 4.69) is 17.6 Å². The van der Waals surface area contributed by atoms with Gasteiger partial charge in [0.25, 0.3) is 0 Å². The van der Waals surface area contributed by atoms with Gasteiger partial charge in [-0.25, -0.2) is 4.79 Å². The molecule has 1 aromatic rings. The Kier molecular flexibility index (Phi) is 8.22. The van der Waals surface area contributed by atoms with E-state index >= 15 is 0 Å². The molecule has 1 aromatic carbocycles. The van der Waals surface area contributed by atoms with Crippen molar-refractivity contribution in [1.29, 1.82) is 0 Å². The summed E-state index contributed by atoms with van der Waals surface area (Å²) in [5, 5.41) is 5.54. The molecule has 20 heavy (non-hydrogen) atoms. The molecule has 0 bridgehead atoms. The second-order valence-corrected chi connectivity index (χ2v) is 4.40. The monoisotopic (exact) mass is 280 g/mol. The van der Waals surface area contributed by atoms with Gasteiger partial charge in [-0.15, -0.1) is 0 Å². The van der Waals surface area contributed by atoms with Crippen LogP contribution in [-0.4, -0.2) is 32.9 Å². The summed E-state index contributed by atoms with van der Waals surface area (Å²) in [6.07, 6.45) is 3.03. The van der Waals surface area contributed by atoms with Crippen LogP contribution in [0.3, 0.4) is 0 Å². The van der Waals surface area contributed by atoms with E-state index in [0.29, 0.717) is 24.6 Å². The minimum atomic E-state index is -0.233. The molecule has 5 heteroatoms. The highest BCUT2D eigenvalue weighted by Gasteiger charge is 2.05. The van der Waals surface area contributed by atoms with E-state index in [9.17, 15) is 4.79 Å². The maximum absolute atomic E-state index is 11.7. The van der Waals surface area contributed by atoms with Crippen molar-refractivity contribution < 1.29 is 14.3 Å². The van der Waals surface area contributed by atoms with Gasteiger partial charge in [0, 0.05) is 19.8 Å². The van der Waals surface area contributed by atoms with Gasteiger partial charge in [0.1, 0.15) is 5.75 Å². The van der Waals surface area contributed by atoms with Gasteiger partial charge in [-0.1, -0.05) is 25.5 Å². The topological polar surface area (TPSA) is 59.6 Å². The molecule has 0 unspecified atom stereocenters. The zero-order valence-electron chi connectivity index (χ0n) is 12.3. The SMILES string of the molecule is CCCCOCCCNC(=O)Nc1ccccc1OC. The highest BCUT2D eigenvalue weighted by molar-refractivity contribution is 5.90. The Morgan fingerprint density at radius 2 is 1.95 bits per heavy atom. The second kappa shape index (κ2) is 10.1. The molecule has 0 saturated carbocycles. The van der Waals surface area contributed by atoms with Crippen LogP contribution in [0.5, 0.6) is 5.75 Å². The van der Waals surface area contributed by atoms with Gasteiger partial charge < -0.3 is 20.1 Å². The van der Waals surface area contributed by atoms with Crippen molar-refractivity contribution >= 4 is 11.7 Å². The van der Waals surface area contributed by atoms with Gasteiger partial charge in [0.05, 0.1) is 12.8 Å². The number of benzene rings is 1. The van der Waals surface area contributed by atoms with Crippen LogP contribution < -0.4 is 15.4 Å². The molecule has 0 aliphatic heterocycles. The second-order valence-electron chi connectivity index (χ2n) is 4.40. The number of para-hydroxylation sites is 2. The highest BCUT2D eigenvalue weighted by atomic mass is 16.5. The molecule has 0 fully saturated rings. The molecule has 0 aliphatic carbocycles. The summed E-state index contributed by atoms with van der Waals surface area (Å²) in [4.78, 5) is 11.7. The number of hydrogen-bond donors (Lipinski definition) is 2. The summed E-state index contributed by atoms with van der Waals surface area (Å²) in [6.45, 7) is 4.19. The van der Waals surface area contributed by atoms with Gasteiger partial charge in [-0.3, -0.25) is 0 Å². The number of unbranched alkanes of at least 4 members (excludes halogenated alkanes) is 1. The molecule has 0 atom stereocenters. The molecular weight excluding hydrogens is 256 g/mol. The van der Waals surface area contributed by atoms with Gasteiger partial charge in [-0.2, -0.15) is 0 Å². The molecule has 2 amide bonds. The van der Waals surface area contributed by atoms with Crippen LogP contribution >= 0.6 is 0 Å². The van der Waals surface area contributed by atoms with Crippen molar-refractivity contribution in [2.75, 3.05) is 32.2 Å². The molecule has 112 valence electrons. The number of anilines is 1. The fourth-order valence-electron chi connectivity index (χ4n) is 1.64. The molecule has 0 aromatic heterocycles. The van der Waals surface area contributed by atoms with Crippen molar-refractivity contribution in [3.8, 4) is 5.75 Å². The summed E-state index contributed by atoms with van der Waals surface area (Å²) in [5.41, 5.74) is 0.659. The van der Waals surface area contributed by atoms with Crippen LogP contribution in [0.25, 0.3) is 0 Å². The van der Waals surface area contributed by atoms with E-state index in [0.717, 1.165) is 25.9 Å². The summed E-state index contributed by atoms with van der Waals surface area (Å²) in [5.74, 6) is 0.644. The predicted molar refractivity (Wildman–Crippen MR) is 80.4 cm³/mol.